The molecule has 0 aromatic heterocycles. The molecular weight excluding hydrogens is 446 g/mol. The summed E-state index contributed by atoms with van der Waals surface area (Å²) in [6.45, 7) is 3.46. The van der Waals surface area contributed by atoms with Crippen LogP contribution in [0, 0.1) is 0 Å². The quantitative estimate of drug-likeness (QED) is 0.181. The second-order valence-corrected chi connectivity index (χ2v) is 7.40. The molecule has 35 heavy (non-hydrogen) atoms. The van der Waals surface area contributed by atoms with Crippen molar-refractivity contribution in [3.8, 4) is 0 Å². The van der Waals surface area contributed by atoms with Gasteiger partial charge in [-0.15, -0.1) is 0 Å². The Balaban J connectivity index is 1.53. The molecule has 3 rings (SSSR count). The summed E-state index contributed by atoms with van der Waals surface area (Å²) in [7, 11) is 0. The zero-order valence-electron chi connectivity index (χ0n) is 19.0. The van der Waals surface area contributed by atoms with Gasteiger partial charge in [-0.2, -0.15) is 0 Å². The van der Waals surface area contributed by atoms with Crippen molar-refractivity contribution >= 4 is 29.4 Å². The zero-order chi connectivity index (χ0) is 25.0. The molecule has 0 radical (unpaired) electrons. The summed E-state index contributed by atoms with van der Waals surface area (Å²) < 4.78 is 4.96. The molecule has 0 heterocycles. The average Bonchev–Trinajstić information content (AvgIpc) is 2.87. The second-order valence-electron chi connectivity index (χ2n) is 7.40. The number of nitrogens with one attached hydrogen (secondary N) is 3. The molecule has 3 amide bonds. The first-order chi connectivity index (χ1) is 17.0. The van der Waals surface area contributed by atoms with Gasteiger partial charge >= 0.3 is 12.0 Å². The summed E-state index contributed by atoms with van der Waals surface area (Å²) in [4.78, 5) is 49.5. The third kappa shape index (κ3) is 7.40. The number of urea groups is 1. The lowest BCUT2D eigenvalue weighted by molar-refractivity contribution is -0.141. The Bertz CT molecular complexity index is 1220. The maximum atomic E-state index is 12.8. The molecule has 0 aliphatic rings. The van der Waals surface area contributed by atoms with E-state index in [0.29, 0.717) is 16.8 Å². The maximum Gasteiger partial charge on any atom is 0.320 e. The highest BCUT2D eigenvalue weighted by atomic mass is 16.5. The Labute approximate surface area is 203 Å². The number of hydrogen-bond acceptors (Lipinski definition) is 5. The Morgan fingerprint density at radius 2 is 1.54 bits per heavy atom. The van der Waals surface area contributed by atoms with Crippen molar-refractivity contribution in [3.05, 3.63) is 114 Å². The lowest BCUT2D eigenvalue weighted by Gasteiger charge is -2.12. The van der Waals surface area contributed by atoms with E-state index in [1.807, 2.05) is 0 Å². The fourth-order valence-corrected chi connectivity index (χ4v) is 3.23. The highest BCUT2D eigenvalue weighted by Gasteiger charge is 2.17. The number of benzene rings is 3. The SMILES string of the molecule is C=CCOC(=O)Cc1cccc(NC(=O)NCNC(=O)c2ccccc2C(=O)c2ccccc2)c1. The van der Waals surface area contributed by atoms with Crippen LogP contribution in [0.5, 0.6) is 0 Å². The normalized spacial score (nSPS) is 10.1. The Morgan fingerprint density at radius 3 is 2.29 bits per heavy atom. The first-order valence-corrected chi connectivity index (χ1v) is 10.8. The Morgan fingerprint density at radius 1 is 0.829 bits per heavy atom. The fraction of sp³-hybridized carbons (Fsp3) is 0.111. The minimum atomic E-state index is -0.551. The van der Waals surface area contributed by atoms with Crippen molar-refractivity contribution in [2.24, 2.45) is 0 Å². The smallest absolute Gasteiger partial charge is 0.320 e. The van der Waals surface area contributed by atoms with Gasteiger partial charge in [0.05, 0.1) is 18.7 Å². The van der Waals surface area contributed by atoms with Crippen molar-refractivity contribution in [2.75, 3.05) is 18.6 Å². The van der Waals surface area contributed by atoms with Gasteiger partial charge in [0.15, 0.2) is 5.78 Å². The average molecular weight is 472 g/mol. The number of ether oxygens (including phenoxy) is 1. The van der Waals surface area contributed by atoms with E-state index in [1.54, 1.807) is 78.9 Å². The van der Waals surface area contributed by atoms with Gasteiger partial charge in [-0.25, -0.2) is 4.79 Å². The van der Waals surface area contributed by atoms with Gasteiger partial charge in [0, 0.05) is 16.8 Å². The lowest BCUT2D eigenvalue weighted by atomic mass is 9.98. The summed E-state index contributed by atoms with van der Waals surface area (Å²) in [5.74, 6) is -1.17. The van der Waals surface area contributed by atoms with Crippen LogP contribution in [0.3, 0.4) is 0 Å². The van der Waals surface area contributed by atoms with Crippen LogP contribution in [-0.2, 0) is 16.0 Å². The molecule has 0 saturated carbocycles. The topological polar surface area (TPSA) is 114 Å². The van der Waals surface area contributed by atoms with E-state index in [1.165, 1.54) is 6.08 Å². The molecule has 0 aliphatic carbocycles. The maximum absolute atomic E-state index is 12.8. The molecule has 178 valence electrons. The first-order valence-electron chi connectivity index (χ1n) is 10.8. The predicted octanol–water partition coefficient (Wildman–Crippen LogP) is 3.70. The molecule has 0 aliphatic heterocycles. The molecular formula is C27H25N3O5. The van der Waals surface area contributed by atoms with E-state index in [4.69, 9.17) is 4.74 Å². The monoisotopic (exact) mass is 471 g/mol. The van der Waals surface area contributed by atoms with Crippen LogP contribution >= 0.6 is 0 Å². The van der Waals surface area contributed by atoms with E-state index in [9.17, 15) is 19.2 Å². The minimum Gasteiger partial charge on any atom is -0.461 e. The Kier molecular flexibility index (Phi) is 8.90. The van der Waals surface area contributed by atoms with E-state index < -0.39 is 17.9 Å². The molecule has 3 N–H and O–H groups in total. The fourth-order valence-electron chi connectivity index (χ4n) is 3.23. The molecule has 0 unspecified atom stereocenters. The van der Waals surface area contributed by atoms with Gasteiger partial charge < -0.3 is 20.7 Å². The van der Waals surface area contributed by atoms with Crippen LogP contribution in [0.1, 0.15) is 31.8 Å². The van der Waals surface area contributed by atoms with Gasteiger partial charge in [0.25, 0.3) is 5.91 Å². The highest BCUT2D eigenvalue weighted by Crippen LogP contribution is 2.15. The van der Waals surface area contributed by atoms with Crippen molar-refractivity contribution in [1.82, 2.24) is 10.6 Å². The molecule has 0 atom stereocenters. The van der Waals surface area contributed by atoms with Gasteiger partial charge in [-0.1, -0.05) is 73.3 Å². The molecule has 3 aromatic rings. The van der Waals surface area contributed by atoms with Crippen LogP contribution in [0.2, 0.25) is 0 Å². The second kappa shape index (κ2) is 12.5. The highest BCUT2D eigenvalue weighted by molar-refractivity contribution is 6.15. The standard InChI is InChI=1S/C27H25N3O5/c1-2-15-35-24(31)17-19-9-8-12-21(16-19)30-27(34)29-18-28-26(33)23-14-7-6-13-22(23)25(32)20-10-4-3-5-11-20/h2-14,16H,1,15,17-18H2,(H,28,33)(H2,29,30,34). The molecule has 3 aromatic carbocycles. The van der Waals surface area contributed by atoms with E-state index >= 15 is 0 Å². The van der Waals surface area contributed by atoms with Crippen molar-refractivity contribution in [3.63, 3.8) is 0 Å². The molecule has 0 saturated heterocycles. The van der Waals surface area contributed by atoms with E-state index in [-0.39, 0.29) is 36.6 Å². The molecule has 8 heteroatoms. The minimum absolute atomic E-state index is 0.0577. The third-order valence-corrected chi connectivity index (χ3v) is 4.85. The summed E-state index contributed by atoms with van der Waals surface area (Å²) in [6.07, 6.45) is 1.54. The number of ketones is 1. The summed E-state index contributed by atoms with van der Waals surface area (Å²) in [6, 6.07) is 21.4. The molecule has 8 nitrogen and oxygen atoms in total. The number of carbonyl (C=O) groups is 4. The van der Waals surface area contributed by atoms with Crippen LogP contribution in [-0.4, -0.2) is 37.0 Å². The van der Waals surface area contributed by atoms with Gasteiger partial charge in [-0.05, 0) is 23.8 Å². The van der Waals surface area contributed by atoms with Crippen molar-refractivity contribution in [2.45, 2.75) is 6.42 Å². The van der Waals surface area contributed by atoms with Crippen LogP contribution < -0.4 is 16.0 Å². The number of hydrogen-bond donors (Lipinski definition) is 3. The first kappa shape index (κ1) is 24.9. The van der Waals surface area contributed by atoms with Crippen LogP contribution in [0.25, 0.3) is 0 Å². The number of amides is 3. The molecule has 0 bridgehead atoms. The zero-order valence-corrected chi connectivity index (χ0v) is 19.0. The van der Waals surface area contributed by atoms with Crippen molar-refractivity contribution < 1.29 is 23.9 Å². The van der Waals surface area contributed by atoms with E-state index in [0.717, 1.165) is 0 Å². The summed E-state index contributed by atoms with van der Waals surface area (Å²) in [5.41, 5.74) is 2.09. The Hall–Kier alpha value is -4.72. The third-order valence-electron chi connectivity index (χ3n) is 4.85. The molecule has 0 spiro atoms. The number of rotatable bonds is 10. The van der Waals surface area contributed by atoms with Crippen LogP contribution in [0.15, 0.2) is 91.5 Å². The van der Waals surface area contributed by atoms with Gasteiger partial charge in [0.2, 0.25) is 0 Å². The predicted molar refractivity (Wildman–Crippen MR) is 132 cm³/mol. The summed E-state index contributed by atoms with van der Waals surface area (Å²) >= 11 is 0. The summed E-state index contributed by atoms with van der Waals surface area (Å²) in [5, 5.41) is 7.76. The number of anilines is 1. The van der Waals surface area contributed by atoms with Gasteiger partial charge in [0.1, 0.15) is 6.61 Å². The van der Waals surface area contributed by atoms with Crippen LogP contribution in [0.4, 0.5) is 10.5 Å². The van der Waals surface area contributed by atoms with E-state index in [2.05, 4.69) is 22.5 Å². The van der Waals surface area contributed by atoms with Gasteiger partial charge in [-0.3, -0.25) is 14.4 Å². The number of carbonyl (C=O) groups excluding carboxylic acids is 4. The molecule has 0 fully saturated rings. The van der Waals surface area contributed by atoms with Crippen molar-refractivity contribution in [1.29, 1.82) is 0 Å². The largest absolute Gasteiger partial charge is 0.461 e. The number of esters is 1. The lowest BCUT2D eigenvalue weighted by Crippen LogP contribution is -2.39.